The lowest BCUT2D eigenvalue weighted by Crippen LogP contribution is -2.25. The van der Waals surface area contributed by atoms with Crippen LogP contribution in [0.4, 0.5) is 0 Å². The lowest BCUT2D eigenvalue weighted by atomic mass is 10.5. The van der Waals surface area contributed by atoms with Crippen LogP contribution in [0.3, 0.4) is 0 Å². The van der Waals surface area contributed by atoms with Crippen molar-refractivity contribution in [2.24, 2.45) is 0 Å². The van der Waals surface area contributed by atoms with Gasteiger partial charge in [0.15, 0.2) is 0 Å². The predicted molar refractivity (Wildman–Crippen MR) is 63.3 cm³/mol. The fourth-order valence-electron chi connectivity index (χ4n) is 1.32. The molecule has 0 rings (SSSR count). The molecule has 0 heterocycles. The van der Waals surface area contributed by atoms with Crippen molar-refractivity contribution in [3.8, 4) is 0 Å². The zero-order valence-electron chi connectivity index (χ0n) is 10.1. The van der Waals surface area contributed by atoms with Crippen LogP contribution < -0.4 is 0 Å². The van der Waals surface area contributed by atoms with Crippen LogP contribution >= 0.6 is 7.14 Å². The Bertz CT molecular complexity index is 326. The maximum Gasteiger partial charge on any atom is 0.277 e. The normalized spacial score (nSPS) is 15.6. The fraction of sp³-hybridized carbons (Fsp3) is 1.00. The summed E-state index contributed by atoms with van der Waals surface area (Å²) in [5, 5.41) is 0. The summed E-state index contributed by atoms with van der Waals surface area (Å²) in [5.74, 6) is 0. The van der Waals surface area contributed by atoms with Crippen molar-refractivity contribution in [3.63, 3.8) is 0 Å². The van der Waals surface area contributed by atoms with Gasteiger partial charge < -0.3 is 4.57 Å². The van der Waals surface area contributed by atoms with Crippen molar-refractivity contribution in [2.75, 3.05) is 12.3 Å². The van der Waals surface area contributed by atoms with E-state index in [-0.39, 0.29) is 0 Å². The van der Waals surface area contributed by atoms with E-state index in [0.29, 0.717) is 12.3 Å². The number of rotatable bonds is 6. The molecule has 1 unspecified atom stereocenters. The molecule has 92 valence electrons. The summed E-state index contributed by atoms with van der Waals surface area (Å²) in [6.45, 7) is 8.28. The Morgan fingerprint density at radius 3 is 1.80 bits per heavy atom. The third kappa shape index (κ3) is 3.89. The van der Waals surface area contributed by atoms with Crippen molar-refractivity contribution in [3.05, 3.63) is 0 Å². The van der Waals surface area contributed by atoms with Gasteiger partial charge in [0.2, 0.25) is 0 Å². The molecule has 0 aliphatic carbocycles. The topological polar surface area (TPSA) is 60.4 Å². The van der Waals surface area contributed by atoms with Gasteiger partial charge in [0.1, 0.15) is 12.1 Å². The lowest BCUT2D eigenvalue weighted by molar-refractivity contribution is 0.248. The summed E-state index contributed by atoms with van der Waals surface area (Å²) >= 11 is 0. The molecule has 0 radical (unpaired) electrons. The Kier molecular flexibility index (Phi) is 5.51. The molecule has 0 bridgehead atoms. The Morgan fingerprint density at radius 2 is 1.53 bits per heavy atom. The molecular weight excluding hydrogens is 235 g/mol. The Morgan fingerprint density at radius 1 is 1.13 bits per heavy atom. The molecule has 0 saturated carbocycles. The minimum absolute atomic E-state index is 0.394. The maximum absolute atomic E-state index is 12.2. The number of hydrogen-bond acceptors (Lipinski definition) is 4. The van der Waals surface area contributed by atoms with Crippen LogP contribution in [0, 0.1) is 0 Å². The van der Waals surface area contributed by atoms with Gasteiger partial charge in [-0.1, -0.05) is 13.8 Å². The van der Waals surface area contributed by atoms with Gasteiger partial charge in [-0.2, -0.15) is 8.42 Å². The lowest BCUT2D eigenvalue weighted by Gasteiger charge is -2.22. The zero-order valence-corrected chi connectivity index (χ0v) is 11.8. The van der Waals surface area contributed by atoms with Crippen LogP contribution in [0.5, 0.6) is 0 Å². The largest absolute Gasteiger partial charge is 0.322 e. The van der Waals surface area contributed by atoms with Crippen LogP contribution in [0.25, 0.3) is 0 Å². The van der Waals surface area contributed by atoms with Crippen LogP contribution in [0.2, 0.25) is 0 Å². The molecule has 4 nitrogen and oxygen atoms in total. The van der Waals surface area contributed by atoms with Gasteiger partial charge in [-0.3, -0.25) is 4.18 Å². The molecule has 0 spiro atoms. The van der Waals surface area contributed by atoms with Crippen molar-refractivity contribution in [2.45, 2.75) is 45.7 Å². The number of hydrogen-bond donors (Lipinski definition) is 0. The maximum atomic E-state index is 12.2. The van der Waals surface area contributed by atoms with Gasteiger partial charge in [-0.15, -0.1) is 0 Å². The van der Waals surface area contributed by atoms with Crippen molar-refractivity contribution >= 4 is 17.3 Å². The molecule has 0 aromatic rings. The highest BCUT2D eigenvalue weighted by Crippen LogP contribution is 2.52. The first-order valence-electron chi connectivity index (χ1n) is 5.19. The van der Waals surface area contributed by atoms with Gasteiger partial charge in [0.25, 0.3) is 10.1 Å². The highest BCUT2D eigenvalue weighted by Gasteiger charge is 2.37. The van der Waals surface area contributed by atoms with E-state index in [2.05, 4.69) is 0 Å². The molecule has 0 fully saturated rings. The Hall–Kier alpha value is 0.140. The SMILES string of the molecule is CCP(=O)(CC)C(C)S(=O)(=O)OC(C)C. The van der Waals surface area contributed by atoms with E-state index in [9.17, 15) is 13.0 Å². The molecule has 0 aliphatic rings. The van der Waals surface area contributed by atoms with E-state index in [4.69, 9.17) is 4.18 Å². The summed E-state index contributed by atoms with van der Waals surface area (Å²) in [5.41, 5.74) is 0. The molecule has 0 amide bonds. The molecule has 0 N–H and O–H groups in total. The third-order valence-corrected chi connectivity index (χ3v) is 9.36. The van der Waals surface area contributed by atoms with Gasteiger partial charge in [0, 0.05) is 0 Å². The van der Waals surface area contributed by atoms with Crippen LogP contribution in [0.15, 0.2) is 0 Å². The van der Waals surface area contributed by atoms with Crippen LogP contribution in [-0.2, 0) is 18.9 Å². The van der Waals surface area contributed by atoms with Crippen molar-refractivity contribution in [1.82, 2.24) is 0 Å². The smallest absolute Gasteiger partial charge is 0.277 e. The second-order valence-corrected chi connectivity index (χ2v) is 10.0. The van der Waals surface area contributed by atoms with E-state index in [1.807, 2.05) is 0 Å². The minimum Gasteiger partial charge on any atom is -0.322 e. The molecule has 0 aromatic heterocycles. The Balaban J connectivity index is 5.00. The first-order valence-corrected chi connectivity index (χ1v) is 8.81. The molecule has 0 saturated heterocycles. The standard InChI is InChI=1S/C9H21O4PS/c1-6-14(10,7-2)9(5)15(11,12)13-8(3)4/h8-9H,6-7H2,1-5H3. The predicted octanol–water partition coefficient (Wildman–Crippen LogP) is 2.49. The van der Waals surface area contributed by atoms with Crippen LogP contribution in [-0.4, -0.2) is 31.8 Å². The molecular formula is C9H21O4PS. The zero-order chi connectivity index (χ0) is 12.3. The summed E-state index contributed by atoms with van der Waals surface area (Å²) in [6.07, 6.45) is 0.385. The van der Waals surface area contributed by atoms with E-state index in [0.717, 1.165) is 0 Å². The summed E-state index contributed by atoms with van der Waals surface area (Å²) in [7, 11) is -6.37. The monoisotopic (exact) mass is 256 g/mol. The summed E-state index contributed by atoms with van der Waals surface area (Å²) < 4.78 is 40.5. The van der Waals surface area contributed by atoms with Crippen molar-refractivity contribution in [1.29, 1.82) is 0 Å². The third-order valence-electron chi connectivity index (χ3n) is 2.48. The highest BCUT2D eigenvalue weighted by molar-refractivity contribution is 7.96. The summed E-state index contributed by atoms with van der Waals surface area (Å²) in [4.78, 5) is -0.901. The van der Waals surface area contributed by atoms with Crippen molar-refractivity contribution < 1.29 is 17.2 Å². The van der Waals surface area contributed by atoms with Gasteiger partial charge in [-0.05, 0) is 33.1 Å². The quantitative estimate of drug-likeness (QED) is 0.541. The van der Waals surface area contributed by atoms with E-state index < -0.39 is 28.4 Å². The first kappa shape index (κ1) is 15.1. The second kappa shape index (κ2) is 5.46. The van der Waals surface area contributed by atoms with Crippen LogP contribution in [0.1, 0.15) is 34.6 Å². The Labute approximate surface area is 92.9 Å². The fourth-order valence-corrected chi connectivity index (χ4v) is 6.42. The molecule has 6 heteroatoms. The summed E-state index contributed by atoms with van der Waals surface area (Å²) in [6, 6.07) is 0. The van der Waals surface area contributed by atoms with Gasteiger partial charge >= 0.3 is 0 Å². The van der Waals surface area contributed by atoms with Gasteiger partial charge in [0.05, 0.1) is 6.10 Å². The average Bonchev–Trinajstić information content (AvgIpc) is 2.13. The average molecular weight is 256 g/mol. The van der Waals surface area contributed by atoms with Gasteiger partial charge in [-0.25, -0.2) is 0 Å². The van der Waals surface area contributed by atoms with E-state index in [1.165, 1.54) is 6.92 Å². The minimum atomic E-state index is -3.70. The first-order chi connectivity index (χ1) is 6.69. The van der Waals surface area contributed by atoms with E-state index >= 15 is 0 Å². The molecule has 15 heavy (non-hydrogen) atoms. The van der Waals surface area contributed by atoms with E-state index in [1.54, 1.807) is 27.7 Å². The highest BCUT2D eigenvalue weighted by atomic mass is 32.2. The molecule has 1 atom stereocenters. The molecule has 0 aliphatic heterocycles. The molecule has 0 aromatic carbocycles. The second-order valence-electron chi connectivity index (χ2n) is 3.82.